The minimum absolute atomic E-state index is 0.318. The van der Waals surface area contributed by atoms with Gasteiger partial charge in [0.05, 0.1) is 26.4 Å². The van der Waals surface area contributed by atoms with Crippen LogP contribution >= 0.6 is 0 Å². The quantitative estimate of drug-likeness (QED) is 0.242. The molecule has 3 aliphatic rings. The summed E-state index contributed by atoms with van der Waals surface area (Å²) in [4.78, 5) is 0. The summed E-state index contributed by atoms with van der Waals surface area (Å²) in [6.45, 7) is 13.0. The van der Waals surface area contributed by atoms with Crippen LogP contribution in [0.3, 0.4) is 0 Å². The van der Waals surface area contributed by atoms with Crippen molar-refractivity contribution < 1.29 is 35.4 Å². The van der Waals surface area contributed by atoms with Crippen LogP contribution in [-0.2, 0) is 35.4 Å². The Bertz CT molecular complexity index is 426. The molecule has 164 valence electrons. The Morgan fingerprint density at radius 2 is 1.11 bits per heavy atom. The van der Waals surface area contributed by atoms with Crippen molar-refractivity contribution in [2.24, 2.45) is 0 Å². The van der Waals surface area contributed by atoms with Crippen molar-refractivity contribution in [1.82, 2.24) is 0 Å². The lowest BCUT2D eigenvalue weighted by molar-refractivity contribution is 0.114. The van der Waals surface area contributed by atoms with Crippen molar-refractivity contribution in [3.8, 4) is 0 Å². The maximum absolute atomic E-state index is 6.45. The van der Waals surface area contributed by atoms with Gasteiger partial charge in [-0.1, -0.05) is 0 Å². The van der Waals surface area contributed by atoms with Crippen LogP contribution in [0.1, 0.15) is 12.8 Å². The van der Waals surface area contributed by atoms with Gasteiger partial charge in [0, 0.05) is 13.2 Å². The van der Waals surface area contributed by atoms with Crippen LogP contribution in [0, 0.1) is 0 Å². The first kappa shape index (κ1) is 23.2. The molecule has 0 spiro atoms. The Morgan fingerprint density at radius 1 is 0.750 bits per heavy atom. The number of epoxide rings is 2. The van der Waals surface area contributed by atoms with E-state index >= 15 is 0 Å². The molecule has 3 rings (SSSR count). The van der Waals surface area contributed by atoms with Crippen LogP contribution in [-0.4, -0.2) is 87.5 Å². The van der Waals surface area contributed by atoms with E-state index in [-0.39, 0.29) is 0 Å². The molecule has 8 nitrogen and oxygen atoms in total. The zero-order valence-electron chi connectivity index (χ0n) is 17.6. The Kier molecular flexibility index (Phi) is 8.89. The molecule has 3 heterocycles. The van der Waals surface area contributed by atoms with Crippen LogP contribution in [0.2, 0.25) is 38.3 Å². The molecule has 0 aromatic carbocycles. The molecular formula is C16H36O8Si4. The third-order valence-corrected chi connectivity index (χ3v) is 20.7. The van der Waals surface area contributed by atoms with Crippen molar-refractivity contribution in [1.29, 1.82) is 0 Å². The monoisotopic (exact) mass is 468 g/mol. The molecule has 3 fully saturated rings. The van der Waals surface area contributed by atoms with Crippen molar-refractivity contribution in [2.75, 3.05) is 39.6 Å². The third kappa shape index (κ3) is 8.73. The van der Waals surface area contributed by atoms with E-state index < -0.39 is 35.7 Å². The highest BCUT2D eigenvalue weighted by Crippen LogP contribution is 2.27. The molecule has 0 amide bonds. The van der Waals surface area contributed by atoms with Crippen molar-refractivity contribution in [2.45, 2.75) is 63.3 Å². The fourth-order valence-electron chi connectivity index (χ4n) is 3.49. The first-order valence-electron chi connectivity index (χ1n) is 10.5. The van der Waals surface area contributed by atoms with Crippen LogP contribution in [0.15, 0.2) is 0 Å². The normalized spacial score (nSPS) is 40.7. The van der Waals surface area contributed by atoms with Gasteiger partial charge in [-0.2, -0.15) is 0 Å². The molecule has 0 N–H and O–H groups in total. The predicted molar refractivity (Wildman–Crippen MR) is 114 cm³/mol. The van der Waals surface area contributed by atoms with Gasteiger partial charge >= 0.3 is 35.7 Å². The van der Waals surface area contributed by atoms with Gasteiger partial charge in [-0.05, 0) is 51.1 Å². The highest BCUT2D eigenvalue weighted by atomic mass is 28.5. The van der Waals surface area contributed by atoms with E-state index in [9.17, 15) is 0 Å². The summed E-state index contributed by atoms with van der Waals surface area (Å²) < 4.78 is 47.4. The lowest BCUT2D eigenvalue weighted by Gasteiger charge is -2.41. The second-order valence-corrected chi connectivity index (χ2v) is 19.7. The van der Waals surface area contributed by atoms with Gasteiger partial charge in [0.25, 0.3) is 0 Å². The average Bonchev–Trinajstić information content (AvgIpc) is 3.47. The lowest BCUT2D eigenvalue weighted by Crippen LogP contribution is -2.57. The average molecular weight is 469 g/mol. The molecule has 12 heteroatoms. The molecule has 0 saturated carbocycles. The van der Waals surface area contributed by atoms with Crippen molar-refractivity contribution in [3.63, 3.8) is 0 Å². The molecule has 0 aromatic heterocycles. The molecule has 0 aromatic rings. The van der Waals surface area contributed by atoms with Gasteiger partial charge in [0.15, 0.2) is 0 Å². The standard InChI is InChI=1S/C16H36O8Si4/c1-25-21-27(3,9-5-7-17-11-15-13-19-15)23-26(2)24-28(4,22-25)10-6-8-18-12-16-14-20-16/h15-16,25-26H,5-14H2,1-4H3. The minimum Gasteiger partial charge on any atom is -0.418 e. The Hall–Kier alpha value is 0.548. The van der Waals surface area contributed by atoms with Crippen LogP contribution in [0.25, 0.3) is 0 Å². The van der Waals surface area contributed by atoms with E-state index in [1.54, 1.807) is 0 Å². The molecule has 2 atom stereocenters. The van der Waals surface area contributed by atoms with E-state index in [1.165, 1.54) is 0 Å². The van der Waals surface area contributed by atoms with Crippen LogP contribution < -0.4 is 0 Å². The zero-order chi connectivity index (χ0) is 20.0. The third-order valence-electron chi connectivity index (χ3n) is 4.91. The highest BCUT2D eigenvalue weighted by molar-refractivity contribution is 6.85. The molecule has 3 aliphatic heterocycles. The summed E-state index contributed by atoms with van der Waals surface area (Å²) in [6, 6.07) is 1.82. The maximum Gasteiger partial charge on any atom is 0.317 e. The van der Waals surface area contributed by atoms with Gasteiger partial charge in [0.1, 0.15) is 12.2 Å². The number of hydrogen-bond acceptors (Lipinski definition) is 8. The Labute approximate surface area is 174 Å². The summed E-state index contributed by atoms with van der Waals surface area (Å²) in [7, 11) is -8.15. The topological polar surface area (TPSA) is 80.4 Å². The summed E-state index contributed by atoms with van der Waals surface area (Å²) in [5, 5.41) is 0. The SMILES string of the molecule is C[SiH]1O[Si](C)(CCCOCC2CO2)O[SiH](C)O[Si](C)(CCCOCC2CO2)O1. The van der Waals surface area contributed by atoms with E-state index in [0.717, 1.165) is 51.4 Å². The van der Waals surface area contributed by atoms with Crippen molar-refractivity contribution in [3.05, 3.63) is 0 Å². The number of ether oxygens (including phenoxy) is 4. The van der Waals surface area contributed by atoms with Gasteiger partial charge in [0.2, 0.25) is 0 Å². The van der Waals surface area contributed by atoms with E-state index in [0.29, 0.717) is 25.4 Å². The van der Waals surface area contributed by atoms with E-state index in [2.05, 4.69) is 26.2 Å². The Balaban J connectivity index is 1.38. The summed E-state index contributed by atoms with van der Waals surface area (Å²) >= 11 is 0. The second-order valence-electron chi connectivity index (χ2n) is 8.14. The Morgan fingerprint density at radius 3 is 1.43 bits per heavy atom. The molecular weight excluding hydrogens is 433 g/mol. The first-order valence-corrected chi connectivity index (χ1v) is 19.7. The van der Waals surface area contributed by atoms with Gasteiger partial charge in [-0.15, -0.1) is 0 Å². The molecule has 28 heavy (non-hydrogen) atoms. The maximum atomic E-state index is 6.45. The number of hydrogen-bond donors (Lipinski definition) is 0. The van der Waals surface area contributed by atoms with Crippen LogP contribution in [0.4, 0.5) is 0 Å². The molecule has 0 aliphatic carbocycles. The van der Waals surface area contributed by atoms with Crippen molar-refractivity contribution >= 4 is 35.7 Å². The fraction of sp³-hybridized carbons (Fsp3) is 1.00. The molecule has 2 unspecified atom stereocenters. The zero-order valence-corrected chi connectivity index (χ0v) is 22.0. The largest absolute Gasteiger partial charge is 0.418 e. The summed E-state index contributed by atoms with van der Waals surface area (Å²) in [5.74, 6) is 0. The predicted octanol–water partition coefficient (Wildman–Crippen LogP) is 1.52. The van der Waals surface area contributed by atoms with Gasteiger partial charge < -0.3 is 35.4 Å². The highest BCUT2D eigenvalue weighted by Gasteiger charge is 2.44. The van der Waals surface area contributed by atoms with E-state index in [1.807, 2.05) is 0 Å². The van der Waals surface area contributed by atoms with Gasteiger partial charge in [-0.25, -0.2) is 0 Å². The molecule has 0 radical (unpaired) electrons. The van der Waals surface area contributed by atoms with Gasteiger partial charge in [-0.3, -0.25) is 0 Å². The van der Waals surface area contributed by atoms with E-state index in [4.69, 9.17) is 35.4 Å². The lowest BCUT2D eigenvalue weighted by atomic mass is 10.5. The van der Waals surface area contributed by atoms with Crippen LogP contribution in [0.5, 0.6) is 0 Å². The minimum atomic E-state index is -2.27. The molecule has 0 bridgehead atoms. The summed E-state index contributed by atoms with van der Waals surface area (Å²) in [6.07, 6.45) is 2.51. The summed E-state index contributed by atoms with van der Waals surface area (Å²) in [5.41, 5.74) is 0. The fourth-order valence-corrected chi connectivity index (χ4v) is 20.9. The first-order chi connectivity index (χ1) is 13.4. The number of rotatable bonds is 12. The smallest absolute Gasteiger partial charge is 0.317 e. The second kappa shape index (κ2) is 10.7. The molecule has 3 saturated heterocycles.